The summed E-state index contributed by atoms with van der Waals surface area (Å²) in [5.74, 6) is 0.697. The Hall–Kier alpha value is -2.76. The van der Waals surface area contributed by atoms with Crippen LogP contribution in [0.1, 0.15) is 62.6 Å². The predicted molar refractivity (Wildman–Crippen MR) is 124 cm³/mol. The number of nitrogens with one attached hydrogen (secondary N) is 1. The molecule has 6 heteroatoms. The molecule has 2 aromatic rings. The van der Waals surface area contributed by atoms with Crippen molar-refractivity contribution in [2.75, 3.05) is 24.3 Å². The second kappa shape index (κ2) is 10.0. The Labute approximate surface area is 185 Å². The number of amides is 2. The van der Waals surface area contributed by atoms with E-state index in [1.165, 1.54) is 6.26 Å². The number of anilines is 2. The monoisotopic (exact) mass is 425 g/mol. The van der Waals surface area contributed by atoms with E-state index in [0.29, 0.717) is 12.3 Å². The number of nitrogens with zero attached hydrogens (tertiary/aromatic N) is 2. The first kappa shape index (κ1) is 22.9. The molecule has 0 bridgehead atoms. The molecule has 1 N–H and O–H groups in total. The van der Waals surface area contributed by atoms with E-state index in [9.17, 15) is 9.59 Å². The molecule has 1 aliphatic carbocycles. The maximum atomic E-state index is 13.2. The Morgan fingerprint density at radius 3 is 2.42 bits per heavy atom. The van der Waals surface area contributed by atoms with Crippen LogP contribution in [0.25, 0.3) is 0 Å². The van der Waals surface area contributed by atoms with Crippen molar-refractivity contribution in [3.05, 3.63) is 47.9 Å². The fourth-order valence-electron chi connectivity index (χ4n) is 4.14. The highest BCUT2D eigenvalue weighted by Gasteiger charge is 2.27. The first-order chi connectivity index (χ1) is 14.8. The average Bonchev–Trinajstić information content (AvgIpc) is 3.45. The SMILES string of the molecule is CC(C)C(C)N(Cc1cc(NC(=O)C2CCCC2)ccc1N(C)C)C(=O)c1ccco1. The molecule has 6 nitrogen and oxygen atoms in total. The quantitative estimate of drug-likeness (QED) is 0.634. The fraction of sp³-hybridized carbons (Fsp3) is 0.520. The third-order valence-electron chi connectivity index (χ3n) is 6.34. The van der Waals surface area contributed by atoms with Gasteiger partial charge in [0.05, 0.1) is 6.26 Å². The van der Waals surface area contributed by atoms with Crippen LogP contribution in [0.4, 0.5) is 11.4 Å². The molecule has 0 spiro atoms. The van der Waals surface area contributed by atoms with Crippen molar-refractivity contribution in [3.8, 4) is 0 Å². The smallest absolute Gasteiger partial charge is 0.290 e. The predicted octanol–water partition coefficient (Wildman–Crippen LogP) is 5.16. The summed E-state index contributed by atoms with van der Waals surface area (Å²) >= 11 is 0. The van der Waals surface area contributed by atoms with Crippen molar-refractivity contribution < 1.29 is 14.0 Å². The molecule has 1 atom stereocenters. The van der Waals surface area contributed by atoms with Gasteiger partial charge in [-0.3, -0.25) is 9.59 Å². The van der Waals surface area contributed by atoms with Gasteiger partial charge in [0.15, 0.2) is 5.76 Å². The van der Waals surface area contributed by atoms with E-state index in [-0.39, 0.29) is 29.7 Å². The molecule has 1 aromatic carbocycles. The van der Waals surface area contributed by atoms with Gasteiger partial charge < -0.3 is 19.5 Å². The van der Waals surface area contributed by atoms with Gasteiger partial charge in [0.2, 0.25) is 5.91 Å². The second-order valence-corrected chi connectivity index (χ2v) is 9.10. The Balaban J connectivity index is 1.89. The molecule has 1 fully saturated rings. The van der Waals surface area contributed by atoms with Crippen LogP contribution >= 0.6 is 0 Å². The van der Waals surface area contributed by atoms with Gasteiger partial charge in [-0.15, -0.1) is 0 Å². The van der Waals surface area contributed by atoms with Crippen LogP contribution in [0.5, 0.6) is 0 Å². The zero-order valence-corrected chi connectivity index (χ0v) is 19.4. The Bertz CT molecular complexity index is 883. The second-order valence-electron chi connectivity index (χ2n) is 9.10. The van der Waals surface area contributed by atoms with Crippen molar-refractivity contribution in [2.45, 2.75) is 59.0 Å². The van der Waals surface area contributed by atoms with Gasteiger partial charge >= 0.3 is 0 Å². The van der Waals surface area contributed by atoms with Crippen LogP contribution in [0.15, 0.2) is 41.0 Å². The highest BCUT2D eigenvalue weighted by Crippen LogP contribution is 2.29. The molecule has 3 rings (SSSR count). The Kier molecular flexibility index (Phi) is 7.42. The summed E-state index contributed by atoms with van der Waals surface area (Å²) in [6.07, 6.45) is 5.70. The van der Waals surface area contributed by atoms with Gasteiger partial charge in [-0.1, -0.05) is 26.7 Å². The molecule has 0 aliphatic heterocycles. The zero-order chi connectivity index (χ0) is 22.5. The molecular formula is C25H35N3O3. The van der Waals surface area contributed by atoms with Crippen LogP contribution < -0.4 is 10.2 Å². The van der Waals surface area contributed by atoms with Crippen molar-refractivity contribution in [2.24, 2.45) is 11.8 Å². The van der Waals surface area contributed by atoms with E-state index >= 15 is 0 Å². The zero-order valence-electron chi connectivity index (χ0n) is 19.4. The minimum atomic E-state index is -0.128. The molecule has 1 heterocycles. The highest BCUT2D eigenvalue weighted by molar-refractivity contribution is 5.93. The first-order valence-corrected chi connectivity index (χ1v) is 11.2. The number of hydrogen-bond donors (Lipinski definition) is 1. The molecule has 1 saturated carbocycles. The van der Waals surface area contributed by atoms with Gasteiger partial charge in [0, 0.05) is 44.0 Å². The summed E-state index contributed by atoms with van der Waals surface area (Å²) in [6.45, 7) is 6.71. The number of carbonyl (C=O) groups excluding carboxylic acids is 2. The van der Waals surface area contributed by atoms with Crippen LogP contribution in [-0.4, -0.2) is 36.9 Å². The molecule has 0 radical (unpaired) electrons. The lowest BCUT2D eigenvalue weighted by Gasteiger charge is -2.33. The molecular weight excluding hydrogens is 390 g/mol. The third kappa shape index (κ3) is 5.49. The molecule has 1 aromatic heterocycles. The first-order valence-electron chi connectivity index (χ1n) is 11.2. The summed E-state index contributed by atoms with van der Waals surface area (Å²) in [5, 5.41) is 3.09. The van der Waals surface area contributed by atoms with E-state index in [4.69, 9.17) is 4.42 Å². The number of carbonyl (C=O) groups is 2. The van der Waals surface area contributed by atoms with Gasteiger partial charge in [0.25, 0.3) is 5.91 Å². The number of hydrogen-bond acceptors (Lipinski definition) is 4. The van der Waals surface area contributed by atoms with E-state index in [0.717, 1.165) is 42.6 Å². The fourth-order valence-corrected chi connectivity index (χ4v) is 4.14. The van der Waals surface area contributed by atoms with E-state index in [2.05, 4.69) is 26.1 Å². The number of rotatable bonds is 8. The summed E-state index contributed by atoms with van der Waals surface area (Å²) in [7, 11) is 3.97. The van der Waals surface area contributed by atoms with Crippen LogP contribution in [0.3, 0.4) is 0 Å². The van der Waals surface area contributed by atoms with Crippen molar-refractivity contribution >= 4 is 23.2 Å². The lowest BCUT2D eigenvalue weighted by molar-refractivity contribution is -0.119. The Morgan fingerprint density at radius 2 is 1.84 bits per heavy atom. The maximum Gasteiger partial charge on any atom is 0.290 e. The number of furan rings is 1. The van der Waals surface area contributed by atoms with Gasteiger partial charge in [-0.05, 0) is 61.6 Å². The standard InChI is InChI=1S/C25H35N3O3/c1-17(2)18(3)28(25(30)23-11-8-14-31-23)16-20-15-21(12-13-22(20)27(4)5)26-24(29)19-9-6-7-10-19/h8,11-15,17-19H,6-7,9-10,16H2,1-5H3,(H,26,29). The lowest BCUT2D eigenvalue weighted by atomic mass is 10.0. The van der Waals surface area contributed by atoms with Crippen molar-refractivity contribution in [1.82, 2.24) is 4.90 Å². The summed E-state index contributed by atoms with van der Waals surface area (Å²) < 4.78 is 5.40. The molecule has 2 amide bonds. The summed E-state index contributed by atoms with van der Waals surface area (Å²) in [5.41, 5.74) is 2.79. The van der Waals surface area contributed by atoms with Gasteiger partial charge in [0.1, 0.15) is 0 Å². The minimum absolute atomic E-state index is 0.0179. The van der Waals surface area contributed by atoms with Crippen LogP contribution in [0, 0.1) is 11.8 Å². The van der Waals surface area contributed by atoms with Crippen molar-refractivity contribution in [3.63, 3.8) is 0 Å². The summed E-state index contributed by atoms with van der Waals surface area (Å²) in [4.78, 5) is 29.7. The molecule has 1 unspecified atom stereocenters. The van der Waals surface area contributed by atoms with Crippen LogP contribution in [0.2, 0.25) is 0 Å². The highest BCUT2D eigenvalue weighted by atomic mass is 16.3. The molecule has 1 aliphatic rings. The normalized spacial score (nSPS) is 15.2. The van der Waals surface area contributed by atoms with Crippen molar-refractivity contribution in [1.29, 1.82) is 0 Å². The molecule has 168 valence electrons. The van der Waals surface area contributed by atoms with E-state index in [1.54, 1.807) is 12.1 Å². The number of benzene rings is 1. The van der Waals surface area contributed by atoms with E-state index in [1.807, 2.05) is 42.1 Å². The Morgan fingerprint density at radius 1 is 1.13 bits per heavy atom. The topological polar surface area (TPSA) is 65.8 Å². The van der Waals surface area contributed by atoms with Crippen LogP contribution in [-0.2, 0) is 11.3 Å². The summed E-state index contributed by atoms with van der Waals surface area (Å²) in [6, 6.07) is 9.40. The molecule has 0 saturated heterocycles. The van der Waals surface area contributed by atoms with Gasteiger partial charge in [-0.2, -0.15) is 0 Å². The average molecular weight is 426 g/mol. The minimum Gasteiger partial charge on any atom is -0.459 e. The third-order valence-corrected chi connectivity index (χ3v) is 6.34. The largest absolute Gasteiger partial charge is 0.459 e. The van der Waals surface area contributed by atoms with E-state index < -0.39 is 0 Å². The maximum absolute atomic E-state index is 13.2. The lowest BCUT2D eigenvalue weighted by Crippen LogP contribution is -2.41. The molecule has 31 heavy (non-hydrogen) atoms. The van der Waals surface area contributed by atoms with Gasteiger partial charge in [-0.25, -0.2) is 0 Å².